The molecule has 1 aromatic heterocycles. The van der Waals surface area contributed by atoms with E-state index < -0.39 is 0 Å². The van der Waals surface area contributed by atoms with Crippen LogP contribution in [0.2, 0.25) is 0 Å². The molecule has 1 saturated carbocycles. The highest BCUT2D eigenvalue weighted by Gasteiger charge is 2.40. The molecule has 2 atom stereocenters. The molecule has 1 aliphatic carbocycles. The molecule has 1 aromatic rings. The van der Waals surface area contributed by atoms with Crippen molar-refractivity contribution in [1.29, 1.82) is 0 Å². The molecule has 2 unspecified atom stereocenters. The van der Waals surface area contributed by atoms with Crippen LogP contribution in [-0.2, 0) is 11.2 Å². The van der Waals surface area contributed by atoms with Crippen molar-refractivity contribution in [3.05, 3.63) is 24.2 Å². The Balaban J connectivity index is 1.36. The minimum atomic E-state index is 0.104. The topological polar surface area (TPSA) is 58.8 Å². The van der Waals surface area contributed by atoms with Crippen LogP contribution in [0.25, 0.3) is 0 Å². The van der Waals surface area contributed by atoms with Gasteiger partial charge in [-0.15, -0.1) is 0 Å². The van der Waals surface area contributed by atoms with E-state index in [0.29, 0.717) is 12.1 Å². The smallest absolute Gasteiger partial charge is 0.191 e. The first-order valence-corrected chi connectivity index (χ1v) is 11.3. The molecular weight excluding hydrogens is 346 g/mol. The van der Waals surface area contributed by atoms with E-state index in [-0.39, 0.29) is 5.60 Å². The average molecular weight is 378 g/mol. The van der Waals surface area contributed by atoms with Crippen LogP contribution in [0.3, 0.4) is 0 Å². The number of aliphatic imine (C=N–C) groups is 1. The summed E-state index contributed by atoms with van der Waals surface area (Å²) in [5.74, 6) is 4.36. The summed E-state index contributed by atoms with van der Waals surface area (Å²) >= 11 is 2.03. The lowest BCUT2D eigenvalue weighted by Gasteiger charge is -2.38. The molecule has 6 heteroatoms. The largest absolute Gasteiger partial charge is 0.469 e. The second-order valence-corrected chi connectivity index (χ2v) is 8.96. The fourth-order valence-electron chi connectivity index (χ4n) is 4.34. The van der Waals surface area contributed by atoms with Crippen LogP contribution in [0.15, 0.2) is 27.8 Å². The summed E-state index contributed by atoms with van der Waals surface area (Å²) in [5, 5.41) is 7.42. The molecule has 3 fully saturated rings. The van der Waals surface area contributed by atoms with E-state index in [2.05, 4.69) is 10.6 Å². The predicted octanol–water partition coefficient (Wildman–Crippen LogP) is 3.35. The van der Waals surface area contributed by atoms with Crippen LogP contribution in [0.5, 0.6) is 0 Å². The van der Waals surface area contributed by atoms with Gasteiger partial charge in [0.2, 0.25) is 0 Å². The number of hydrogen-bond donors (Lipinski definition) is 2. The molecule has 26 heavy (non-hydrogen) atoms. The number of furan rings is 1. The molecule has 3 heterocycles. The molecule has 2 N–H and O–H groups in total. The number of thioether (sulfide) groups is 1. The van der Waals surface area contributed by atoms with Crippen molar-refractivity contribution in [2.75, 3.05) is 24.7 Å². The van der Waals surface area contributed by atoms with Gasteiger partial charge in [-0.2, -0.15) is 11.8 Å². The highest BCUT2D eigenvalue weighted by molar-refractivity contribution is 7.99. The maximum absolute atomic E-state index is 6.17. The van der Waals surface area contributed by atoms with E-state index >= 15 is 0 Å². The zero-order valence-electron chi connectivity index (χ0n) is 15.5. The Labute approximate surface area is 160 Å². The van der Waals surface area contributed by atoms with Crippen LogP contribution in [0.4, 0.5) is 0 Å². The van der Waals surface area contributed by atoms with Crippen molar-refractivity contribution in [1.82, 2.24) is 10.6 Å². The van der Waals surface area contributed by atoms with Gasteiger partial charge in [0, 0.05) is 37.4 Å². The lowest BCUT2D eigenvalue weighted by molar-refractivity contribution is -0.0679. The van der Waals surface area contributed by atoms with Crippen molar-refractivity contribution < 1.29 is 9.15 Å². The van der Waals surface area contributed by atoms with Crippen molar-refractivity contribution in [2.24, 2.45) is 4.99 Å². The summed E-state index contributed by atoms with van der Waals surface area (Å²) < 4.78 is 11.6. The molecule has 0 aromatic carbocycles. The van der Waals surface area contributed by atoms with Crippen molar-refractivity contribution in [3.63, 3.8) is 0 Å². The molecule has 0 bridgehead atoms. The normalized spacial score (nSPS) is 30.2. The number of nitrogens with zero attached hydrogens (tertiary/aromatic N) is 1. The van der Waals surface area contributed by atoms with Gasteiger partial charge in [0.15, 0.2) is 5.96 Å². The first-order chi connectivity index (χ1) is 12.8. The maximum Gasteiger partial charge on any atom is 0.191 e. The summed E-state index contributed by atoms with van der Waals surface area (Å²) in [6.45, 7) is 1.61. The fourth-order valence-corrected chi connectivity index (χ4v) is 5.72. The number of nitrogens with one attached hydrogen (secondary N) is 2. The third-order valence-electron chi connectivity index (χ3n) is 5.81. The number of hydrogen-bond acceptors (Lipinski definition) is 4. The van der Waals surface area contributed by atoms with Crippen molar-refractivity contribution in [2.45, 2.75) is 69.1 Å². The van der Waals surface area contributed by atoms with E-state index in [4.69, 9.17) is 14.1 Å². The molecule has 0 amide bonds. The van der Waals surface area contributed by atoms with Gasteiger partial charge in [0.1, 0.15) is 5.76 Å². The van der Waals surface area contributed by atoms with Crippen molar-refractivity contribution in [3.8, 4) is 0 Å². The van der Waals surface area contributed by atoms with E-state index in [1.807, 2.05) is 23.9 Å². The van der Waals surface area contributed by atoms with Gasteiger partial charge in [0.05, 0.1) is 11.9 Å². The first kappa shape index (κ1) is 18.2. The van der Waals surface area contributed by atoms with E-state index in [1.54, 1.807) is 6.26 Å². The van der Waals surface area contributed by atoms with Crippen LogP contribution in [0.1, 0.15) is 50.7 Å². The fraction of sp³-hybridized carbons (Fsp3) is 0.750. The first-order valence-electron chi connectivity index (χ1n) is 10.1. The monoisotopic (exact) mass is 377 g/mol. The highest BCUT2D eigenvalue weighted by atomic mass is 32.2. The summed E-state index contributed by atoms with van der Waals surface area (Å²) in [7, 11) is 0. The molecule has 4 rings (SSSR count). The number of guanidine groups is 1. The Kier molecular flexibility index (Phi) is 6.10. The van der Waals surface area contributed by atoms with Crippen molar-refractivity contribution >= 4 is 17.7 Å². The number of rotatable bonds is 5. The van der Waals surface area contributed by atoms with Gasteiger partial charge >= 0.3 is 0 Å². The molecule has 2 aliphatic heterocycles. The third-order valence-corrected chi connectivity index (χ3v) is 7.03. The molecule has 0 radical (unpaired) electrons. The van der Waals surface area contributed by atoms with Crippen LogP contribution in [-0.4, -0.2) is 48.3 Å². The van der Waals surface area contributed by atoms with E-state index in [9.17, 15) is 0 Å². The Hall–Kier alpha value is -1.14. The van der Waals surface area contributed by atoms with Gasteiger partial charge in [-0.25, -0.2) is 0 Å². The molecular formula is C20H31N3O2S. The van der Waals surface area contributed by atoms with Gasteiger partial charge in [-0.1, -0.05) is 12.8 Å². The molecule has 3 aliphatic rings. The minimum Gasteiger partial charge on any atom is -0.469 e. The van der Waals surface area contributed by atoms with Crippen LogP contribution < -0.4 is 10.6 Å². The zero-order valence-corrected chi connectivity index (χ0v) is 16.4. The zero-order chi connectivity index (χ0) is 17.7. The molecule has 2 saturated heterocycles. The SMILES string of the molecule is c1coc(CCN=C(NC2CCCC2)NC2CCOC3(CCSC3)C2)c1. The Morgan fingerprint density at radius 2 is 2.12 bits per heavy atom. The Morgan fingerprint density at radius 3 is 2.88 bits per heavy atom. The second kappa shape index (κ2) is 8.70. The highest BCUT2D eigenvalue weighted by Crippen LogP contribution is 2.38. The van der Waals surface area contributed by atoms with Gasteiger partial charge in [0.25, 0.3) is 0 Å². The van der Waals surface area contributed by atoms with Crippen LogP contribution >= 0.6 is 11.8 Å². The standard InChI is InChI=1S/C20H31N3O2S/c1-2-5-16(4-1)22-19(21-10-7-18-6-3-11-24-18)23-17-8-12-25-20(14-17)9-13-26-15-20/h3,6,11,16-17H,1-2,4-5,7-10,12-15H2,(H2,21,22,23). The quantitative estimate of drug-likeness (QED) is 0.609. The summed E-state index contributed by atoms with van der Waals surface area (Å²) in [6, 6.07) is 4.99. The lowest BCUT2D eigenvalue weighted by atomic mass is 9.90. The van der Waals surface area contributed by atoms with Gasteiger partial charge < -0.3 is 19.8 Å². The second-order valence-electron chi connectivity index (χ2n) is 7.85. The Morgan fingerprint density at radius 1 is 1.23 bits per heavy atom. The Bertz CT molecular complexity index is 578. The average Bonchev–Trinajstić information content (AvgIpc) is 3.39. The lowest BCUT2D eigenvalue weighted by Crippen LogP contribution is -2.53. The maximum atomic E-state index is 6.17. The summed E-state index contributed by atoms with van der Waals surface area (Å²) in [6.07, 6.45) is 11.1. The van der Waals surface area contributed by atoms with E-state index in [0.717, 1.165) is 49.9 Å². The molecule has 1 spiro atoms. The molecule has 5 nitrogen and oxygen atoms in total. The summed E-state index contributed by atoms with van der Waals surface area (Å²) in [4.78, 5) is 4.86. The summed E-state index contributed by atoms with van der Waals surface area (Å²) in [5.41, 5.74) is 0.104. The van der Waals surface area contributed by atoms with E-state index in [1.165, 1.54) is 37.9 Å². The molecule has 144 valence electrons. The minimum absolute atomic E-state index is 0.104. The van der Waals surface area contributed by atoms with Gasteiger partial charge in [-0.3, -0.25) is 4.99 Å². The van der Waals surface area contributed by atoms with Gasteiger partial charge in [-0.05, 0) is 50.0 Å². The third kappa shape index (κ3) is 4.77. The number of ether oxygens (including phenoxy) is 1. The predicted molar refractivity (Wildman–Crippen MR) is 107 cm³/mol. The van der Waals surface area contributed by atoms with Crippen LogP contribution in [0, 0.1) is 0 Å².